The van der Waals surface area contributed by atoms with Gasteiger partial charge >= 0.3 is 0 Å². The van der Waals surface area contributed by atoms with Gasteiger partial charge < -0.3 is 4.74 Å². The molecule has 4 atom stereocenters. The highest BCUT2D eigenvalue weighted by Gasteiger charge is 2.70. The first-order valence-electron chi connectivity index (χ1n) is 11.8. The Balaban J connectivity index is 1.53. The van der Waals surface area contributed by atoms with Gasteiger partial charge in [0.1, 0.15) is 5.75 Å². The molecule has 4 nitrogen and oxygen atoms in total. The molecule has 2 amide bonds. The topological polar surface area (TPSA) is 46.6 Å². The Morgan fingerprint density at radius 3 is 2.14 bits per heavy atom. The van der Waals surface area contributed by atoms with Gasteiger partial charge in [0.2, 0.25) is 11.8 Å². The standard InChI is InChI=1S/C30H26NO3P/c1-19-26(21-10-6-4-7-11-21)35-24(18-20-14-16-23(34-3)17-15-20)30(19,2)25-27(35)29(33)31(28(25)32)22-12-8-5-9-13-22/h4-18,25,27H,1-3H3/b24-18-. The van der Waals surface area contributed by atoms with E-state index in [0.29, 0.717) is 5.69 Å². The average molecular weight is 480 g/mol. The zero-order valence-electron chi connectivity index (χ0n) is 19.9. The number of amides is 2. The average Bonchev–Trinajstić information content (AvgIpc) is 3.39. The quantitative estimate of drug-likeness (QED) is 0.315. The molecule has 0 saturated carbocycles. The van der Waals surface area contributed by atoms with E-state index in [4.69, 9.17) is 4.74 Å². The van der Waals surface area contributed by atoms with Crippen LogP contribution in [0.1, 0.15) is 25.0 Å². The Kier molecular flexibility index (Phi) is 5.05. The van der Waals surface area contributed by atoms with Crippen molar-refractivity contribution in [3.63, 3.8) is 0 Å². The van der Waals surface area contributed by atoms with Crippen molar-refractivity contribution in [1.82, 2.24) is 0 Å². The monoisotopic (exact) mass is 479 g/mol. The molecule has 3 heterocycles. The van der Waals surface area contributed by atoms with Crippen molar-refractivity contribution in [3.8, 4) is 5.75 Å². The second kappa shape index (κ2) is 8.03. The van der Waals surface area contributed by atoms with Crippen LogP contribution in [-0.2, 0) is 9.59 Å². The lowest BCUT2D eigenvalue weighted by atomic mass is 9.70. The summed E-state index contributed by atoms with van der Waals surface area (Å²) < 4.78 is 5.33. The van der Waals surface area contributed by atoms with Crippen molar-refractivity contribution in [3.05, 3.63) is 107 Å². The van der Waals surface area contributed by atoms with Crippen molar-refractivity contribution >= 4 is 36.8 Å². The number of imide groups is 1. The van der Waals surface area contributed by atoms with Crippen LogP contribution in [0.3, 0.4) is 0 Å². The van der Waals surface area contributed by atoms with Crippen molar-refractivity contribution < 1.29 is 14.3 Å². The third kappa shape index (κ3) is 3.03. The lowest BCUT2D eigenvalue weighted by Gasteiger charge is -2.32. The lowest BCUT2D eigenvalue weighted by molar-refractivity contribution is -0.123. The Hall–Kier alpha value is -3.49. The van der Waals surface area contributed by atoms with E-state index in [2.05, 4.69) is 32.1 Å². The predicted octanol–water partition coefficient (Wildman–Crippen LogP) is 6.54. The molecule has 2 fully saturated rings. The molecule has 3 aliphatic heterocycles. The summed E-state index contributed by atoms with van der Waals surface area (Å²) in [5.74, 6) is 0.283. The van der Waals surface area contributed by atoms with Crippen LogP contribution in [0.25, 0.3) is 11.4 Å². The first-order chi connectivity index (χ1) is 17.0. The van der Waals surface area contributed by atoms with Gasteiger partial charge in [0.15, 0.2) is 0 Å². The van der Waals surface area contributed by atoms with E-state index in [1.807, 2.05) is 72.8 Å². The van der Waals surface area contributed by atoms with Crippen LogP contribution in [0.5, 0.6) is 5.75 Å². The van der Waals surface area contributed by atoms with Gasteiger partial charge in [-0.2, -0.15) is 0 Å². The summed E-state index contributed by atoms with van der Waals surface area (Å²) in [4.78, 5) is 29.3. The van der Waals surface area contributed by atoms with E-state index in [1.165, 1.54) is 21.1 Å². The number of para-hydroxylation sites is 1. The summed E-state index contributed by atoms with van der Waals surface area (Å²) in [5.41, 5.74) is 3.24. The second-order valence-corrected chi connectivity index (χ2v) is 11.7. The molecule has 0 spiro atoms. The Morgan fingerprint density at radius 1 is 0.886 bits per heavy atom. The summed E-state index contributed by atoms with van der Waals surface area (Å²) in [6.45, 7) is 4.33. The highest BCUT2D eigenvalue weighted by Crippen LogP contribution is 2.84. The number of anilines is 1. The molecule has 3 aliphatic rings. The first-order valence-corrected chi connectivity index (χ1v) is 13.2. The predicted molar refractivity (Wildman–Crippen MR) is 141 cm³/mol. The summed E-state index contributed by atoms with van der Waals surface area (Å²) in [5, 5.41) is 2.47. The van der Waals surface area contributed by atoms with E-state index in [0.717, 1.165) is 16.9 Å². The summed E-state index contributed by atoms with van der Waals surface area (Å²) in [6.07, 6.45) is 2.22. The first kappa shape index (κ1) is 22.0. The molecule has 0 aliphatic carbocycles. The molecular weight excluding hydrogens is 453 g/mol. The molecular formula is C30H26NO3P. The number of hydrogen-bond donors (Lipinski definition) is 0. The lowest BCUT2D eigenvalue weighted by Crippen LogP contribution is -2.36. The molecule has 35 heavy (non-hydrogen) atoms. The number of carbonyl (C=O) groups is 2. The molecule has 0 radical (unpaired) electrons. The van der Waals surface area contributed by atoms with Gasteiger partial charge in [-0.3, -0.25) is 9.59 Å². The maximum Gasteiger partial charge on any atom is 0.242 e. The fraction of sp³-hybridized carbons (Fsp3) is 0.200. The third-order valence-corrected chi connectivity index (χ3v) is 11.1. The van der Waals surface area contributed by atoms with Gasteiger partial charge in [-0.25, -0.2) is 4.90 Å². The highest BCUT2D eigenvalue weighted by atomic mass is 31.1. The Bertz CT molecular complexity index is 1390. The van der Waals surface area contributed by atoms with Gasteiger partial charge in [0.25, 0.3) is 0 Å². The van der Waals surface area contributed by atoms with E-state index >= 15 is 0 Å². The van der Waals surface area contributed by atoms with Crippen molar-refractivity contribution in [1.29, 1.82) is 0 Å². The maximum atomic E-state index is 13.9. The van der Waals surface area contributed by atoms with Crippen LogP contribution in [0.15, 0.2) is 95.8 Å². The zero-order valence-corrected chi connectivity index (χ0v) is 20.8. The molecule has 2 bridgehead atoms. The van der Waals surface area contributed by atoms with Gasteiger partial charge in [-0.1, -0.05) is 79.2 Å². The summed E-state index contributed by atoms with van der Waals surface area (Å²) in [7, 11) is 0.637. The largest absolute Gasteiger partial charge is 0.497 e. The van der Waals surface area contributed by atoms with Gasteiger partial charge in [0.05, 0.1) is 24.4 Å². The number of rotatable bonds is 4. The number of benzene rings is 3. The minimum Gasteiger partial charge on any atom is -0.497 e. The minimum atomic E-state index is -1.02. The molecule has 4 unspecified atom stereocenters. The van der Waals surface area contributed by atoms with Gasteiger partial charge in [-0.05, 0) is 60.9 Å². The minimum absolute atomic E-state index is 0.0670. The fourth-order valence-corrected chi connectivity index (χ4v) is 10.0. The molecule has 3 aromatic carbocycles. The number of ether oxygens (including phenoxy) is 1. The zero-order chi connectivity index (χ0) is 24.3. The second-order valence-electron chi connectivity index (χ2n) is 9.48. The smallest absolute Gasteiger partial charge is 0.242 e. The molecule has 6 rings (SSSR count). The van der Waals surface area contributed by atoms with E-state index in [9.17, 15) is 9.59 Å². The van der Waals surface area contributed by atoms with Crippen LogP contribution >= 0.6 is 7.92 Å². The third-order valence-electron chi connectivity index (χ3n) is 7.82. The number of fused-ring (bicyclic) bond motifs is 5. The van der Waals surface area contributed by atoms with E-state index < -0.39 is 13.3 Å². The highest BCUT2D eigenvalue weighted by molar-refractivity contribution is 7.75. The number of methoxy groups -OCH3 is 1. The molecule has 5 heteroatoms. The number of hydrogen-bond acceptors (Lipinski definition) is 3. The summed E-state index contributed by atoms with van der Waals surface area (Å²) in [6, 6.07) is 27.7. The van der Waals surface area contributed by atoms with Crippen LogP contribution in [0.2, 0.25) is 0 Å². The van der Waals surface area contributed by atoms with E-state index in [-0.39, 0.29) is 23.4 Å². The SMILES string of the molecule is COc1ccc(/C=C2\P3C(c4ccccc4)=C(C)C2(C)C2C(=O)N(c4ccccc4)C(=O)C23)cc1. The van der Waals surface area contributed by atoms with E-state index in [1.54, 1.807) is 7.11 Å². The Labute approximate surface area is 206 Å². The number of nitrogens with zero attached hydrogens (tertiary/aromatic N) is 1. The fourth-order valence-electron chi connectivity index (χ4n) is 6.01. The van der Waals surface area contributed by atoms with Gasteiger partial charge in [0, 0.05) is 5.41 Å². The number of allylic oxidation sites excluding steroid dienone is 2. The summed E-state index contributed by atoms with van der Waals surface area (Å²) >= 11 is 0. The number of carbonyl (C=O) groups excluding carboxylic acids is 2. The maximum absolute atomic E-state index is 13.9. The molecule has 3 aromatic rings. The van der Waals surface area contributed by atoms with Crippen LogP contribution < -0.4 is 9.64 Å². The molecule has 2 saturated heterocycles. The normalized spacial score (nSPS) is 28.3. The van der Waals surface area contributed by atoms with Crippen molar-refractivity contribution in [2.45, 2.75) is 19.5 Å². The Morgan fingerprint density at radius 2 is 1.51 bits per heavy atom. The van der Waals surface area contributed by atoms with Crippen LogP contribution in [-0.4, -0.2) is 24.6 Å². The van der Waals surface area contributed by atoms with Crippen molar-refractivity contribution in [2.24, 2.45) is 11.3 Å². The van der Waals surface area contributed by atoms with Crippen LogP contribution in [0.4, 0.5) is 5.69 Å². The van der Waals surface area contributed by atoms with Crippen LogP contribution in [0, 0.1) is 11.3 Å². The molecule has 0 N–H and O–H groups in total. The molecule has 174 valence electrons. The molecule has 0 aromatic heterocycles. The van der Waals surface area contributed by atoms with Crippen molar-refractivity contribution in [2.75, 3.05) is 12.0 Å². The van der Waals surface area contributed by atoms with Gasteiger partial charge in [-0.15, -0.1) is 0 Å².